The molecule has 7 heteroatoms. The first-order chi connectivity index (χ1) is 14.3. The Morgan fingerprint density at radius 2 is 1.57 bits per heavy atom. The fourth-order valence-corrected chi connectivity index (χ4v) is 4.71. The van der Waals surface area contributed by atoms with Crippen molar-refractivity contribution in [1.29, 1.82) is 0 Å². The Hall–Kier alpha value is -2.77. The molecule has 2 N–H and O–H groups in total. The van der Waals surface area contributed by atoms with Gasteiger partial charge < -0.3 is 5.32 Å². The molecule has 0 heterocycles. The maximum atomic E-state index is 12.6. The number of carbonyl (C=O) groups excluding carboxylic acids is 1. The van der Waals surface area contributed by atoms with Crippen LogP contribution in [-0.4, -0.2) is 20.1 Å². The first-order valence-electron chi connectivity index (χ1n) is 9.51. The molecule has 0 fully saturated rings. The molecule has 5 nitrogen and oxygen atoms in total. The average Bonchev–Trinajstić information content (AvgIpc) is 2.71. The second-order valence-electron chi connectivity index (χ2n) is 6.90. The number of hydrogen-bond acceptors (Lipinski definition) is 4. The van der Waals surface area contributed by atoms with Crippen molar-refractivity contribution >= 4 is 39.1 Å². The number of para-hydroxylation sites is 1. The molecule has 0 radical (unpaired) electrons. The van der Waals surface area contributed by atoms with Crippen LogP contribution in [0.15, 0.2) is 82.6 Å². The quantitative estimate of drug-likeness (QED) is 0.471. The minimum Gasteiger partial charge on any atom is -0.326 e. The van der Waals surface area contributed by atoms with E-state index in [1.165, 1.54) is 17.7 Å². The molecule has 30 heavy (non-hydrogen) atoms. The minimum atomic E-state index is -3.70. The predicted octanol–water partition coefficient (Wildman–Crippen LogP) is 5.23. The van der Waals surface area contributed by atoms with Crippen molar-refractivity contribution in [2.45, 2.75) is 30.1 Å². The number of thioether (sulfide) groups is 1. The van der Waals surface area contributed by atoms with E-state index in [2.05, 4.69) is 10.0 Å². The van der Waals surface area contributed by atoms with Crippen LogP contribution in [0.3, 0.4) is 0 Å². The van der Waals surface area contributed by atoms with Gasteiger partial charge in [0.15, 0.2) is 0 Å². The summed E-state index contributed by atoms with van der Waals surface area (Å²) in [5.41, 5.74) is 3.15. The van der Waals surface area contributed by atoms with Gasteiger partial charge in [0, 0.05) is 22.8 Å². The Labute approximate surface area is 182 Å². The van der Waals surface area contributed by atoms with Crippen LogP contribution in [0.1, 0.15) is 17.5 Å². The van der Waals surface area contributed by atoms with E-state index in [9.17, 15) is 13.2 Å². The third kappa shape index (κ3) is 6.11. The van der Waals surface area contributed by atoms with Gasteiger partial charge in [-0.2, -0.15) is 0 Å². The molecular formula is C23H24N2O3S2. The van der Waals surface area contributed by atoms with Crippen molar-refractivity contribution in [3.05, 3.63) is 83.9 Å². The Morgan fingerprint density at radius 1 is 0.900 bits per heavy atom. The highest BCUT2D eigenvalue weighted by atomic mass is 32.2. The Kier molecular flexibility index (Phi) is 7.18. The van der Waals surface area contributed by atoms with Crippen molar-refractivity contribution in [1.82, 2.24) is 0 Å². The highest BCUT2D eigenvalue weighted by Gasteiger charge is 2.15. The molecule has 3 rings (SSSR count). The van der Waals surface area contributed by atoms with E-state index in [1.807, 2.05) is 50.2 Å². The summed E-state index contributed by atoms with van der Waals surface area (Å²) in [7, 11) is -3.70. The van der Waals surface area contributed by atoms with E-state index in [0.717, 1.165) is 10.5 Å². The number of sulfonamides is 1. The zero-order valence-corrected chi connectivity index (χ0v) is 18.5. The zero-order valence-electron chi connectivity index (χ0n) is 16.9. The highest BCUT2D eigenvalue weighted by Crippen LogP contribution is 2.22. The van der Waals surface area contributed by atoms with Gasteiger partial charge in [0.1, 0.15) is 0 Å². The molecule has 0 aliphatic carbocycles. The van der Waals surface area contributed by atoms with Crippen LogP contribution in [0.4, 0.5) is 11.4 Å². The van der Waals surface area contributed by atoms with Gasteiger partial charge in [-0.15, -0.1) is 11.8 Å². The van der Waals surface area contributed by atoms with Crippen molar-refractivity contribution in [2.75, 3.05) is 15.8 Å². The molecule has 0 saturated carbocycles. The smallest absolute Gasteiger partial charge is 0.261 e. The molecule has 3 aromatic carbocycles. The lowest BCUT2D eigenvalue weighted by atomic mass is 10.2. The van der Waals surface area contributed by atoms with E-state index in [1.54, 1.807) is 36.0 Å². The lowest BCUT2D eigenvalue weighted by molar-refractivity contribution is -0.115. The summed E-state index contributed by atoms with van der Waals surface area (Å²) in [6, 6.07) is 21.5. The average molecular weight is 441 g/mol. The number of nitrogens with one attached hydrogen (secondary N) is 2. The van der Waals surface area contributed by atoms with Gasteiger partial charge in [0.05, 0.1) is 10.6 Å². The largest absolute Gasteiger partial charge is 0.326 e. The second kappa shape index (κ2) is 9.82. The number of aryl methyl sites for hydroxylation is 2. The van der Waals surface area contributed by atoms with Crippen LogP contribution in [-0.2, 0) is 14.8 Å². The Balaban J connectivity index is 1.54. The Bertz CT molecular complexity index is 1110. The number of anilines is 2. The third-order valence-electron chi connectivity index (χ3n) is 4.46. The molecule has 156 valence electrons. The summed E-state index contributed by atoms with van der Waals surface area (Å²) in [5.74, 6) is 0.560. The maximum Gasteiger partial charge on any atom is 0.261 e. The molecule has 0 aromatic heterocycles. The fourth-order valence-electron chi connectivity index (χ4n) is 2.73. The van der Waals surface area contributed by atoms with E-state index >= 15 is 0 Å². The highest BCUT2D eigenvalue weighted by molar-refractivity contribution is 7.99. The monoisotopic (exact) mass is 440 g/mol. The third-order valence-corrected chi connectivity index (χ3v) is 6.85. The van der Waals surface area contributed by atoms with Gasteiger partial charge in [-0.3, -0.25) is 9.52 Å². The second-order valence-corrected chi connectivity index (χ2v) is 9.76. The first-order valence-corrected chi connectivity index (χ1v) is 12.0. The molecule has 0 saturated heterocycles. The van der Waals surface area contributed by atoms with Crippen molar-refractivity contribution in [3.63, 3.8) is 0 Å². The lowest BCUT2D eigenvalue weighted by Gasteiger charge is -2.11. The molecule has 0 unspecified atom stereocenters. The molecule has 0 spiro atoms. The van der Waals surface area contributed by atoms with Crippen LogP contribution in [0.25, 0.3) is 0 Å². The molecule has 0 bridgehead atoms. The summed E-state index contributed by atoms with van der Waals surface area (Å²) in [4.78, 5) is 13.4. The van der Waals surface area contributed by atoms with E-state index < -0.39 is 10.0 Å². The van der Waals surface area contributed by atoms with Gasteiger partial charge in [-0.05, 0) is 61.9 Å². The van der Waals surface area contributed by atoms with Gasteiger partial charge >= 0.3 is 0 Å². The van der Waals surface area contributed by atoms with Crippen LogP contribution in [0.5, 0.6) is 0 Å². The van der Waals surface area contributed by atoms with Crippen LogP contribution in [0.2, 0.25) is 0 Å². The Morgan fingerprint density at radius 3 is 2.23 bits per heavy atom. The number of amides is 1. The first kappa shape index (κ1) is 21.9. The van der Waals surface area contributed by atoms with Crippen LogP contribution < -0.4 is 10.0 Å². The minimum absolute atomic E-state index is 0.108. The zero-order chi connectivity index (χ0) is 21.6. The van der Waals surface area contributed by atoms with Crippen LogP contribution >= 0.6 is 11.8 Å². The topological polar surface area (TPSA) is 75.3 Å². The summed E-state index contributed by atoms with van der Waals surface area (Å²) in [5, 5.41) is 2.81. The van der Waals surface area contributed by atoms with Gasteiger partial charge in [0.2, 0.25) is 5.91 Å². The van der Waals surface area contributed by atoms with E-state index in [4.69, 9.17) is 0 Å². The molecule has 1 amide bonds. The molecule has 0 atom stereocenters. The molecule has 0 aliphatic rings. The normalized spacial score (nSPS) is 11.1. The molecular weight excluding hydrogens is 416 g/mol. The predicted molar refractivity (Wildman–Crippen MR) is 124 cm³/mol. The summed E-state index contributed by atoms with van der Waals surface area (Å²) >= 11 is 1.63. The number of benzene rings is 3. The molecule has 0 aliphatic heterocycles. The number of hydrogen-bond donors (Lipinski definition) is 2. The summed E-state index contributed by atoms with van der Waals surface area (Å²) in [6.07, 6.45) is 0.368. The van der Waals surface area contributed by atoms with Crippen LogP contribution in [0, 0.1) is 13.8 Å². The van der Waals surface area contributed by atoms with E-state index in [-0.39, 0.29) is 10.8 Å². The summed E-state index contributed by atoms with van der Waals surface area (Å²) < 4.78 is 27.8. The van der Waals surface area contributed by atoms with Crippen molar-refractivity contribution < 1.29 is 13.2 Å². The fraction of sp³-hybridized carbons (Fsp3) is 0.174. The van der Waals surface area contributed by atoms with Gasteiger partial charge in [-0.1, -0.05) is 35.9 Å². The lowest BCUT2D eigenvalue weighted by Crippen LogP contribution is -2.14. The summed E-state index contributed by atoms with van der Waals surface area (Å²) in [6.45, 7) is 3.88. The van der Waals surface area contributed by atoms with Gasteiger partial charge in [-0.25, -0.2) is 8.42 Å². The standard InChI is InChI=1S/C23H24N2O3S2/c1-17-7-11-20(12-8-17)29-16-15-23(26)24-19-9-13-21(14-10-19)30(27,28)25-22-6-4-3-5-18(22)2/h3-14,25H,15-16H2,1-2H3,(H,24,26). The number of carbonyl (C=O) groups is 1. The molecule has 3 aromatic rings. The van der Waals surface area contributed by atoms with Crippen molar-refractivity contribution in [2.24, 2.45) is 0 Å². The maximum absolute atomic E-state index is 12.6. The number of rotatable bonds is 8. The SMILES string of the molecule is Cc1ccc(SCCC(=O)Nc2ccc(S(=O)(=O)Nc3ccccc3C)cc2)cc1. The van der Waals surface area contributed by atoms with Crippen molar-refractivity contribution in [3.8, 4) is 0 Å². The van der Waals surface area contributed by atoms with Gasteiger partial charge in [0.25, 0.3) is 10.0 Å². The van der Waals surface area contributed by atoms with E-state index in [0.29, 0.717) is 23.5 Å².